The maximum Gasteiger partial charge on any atom is 0.138 e. The first-order valence-corrected chi connectivity index (χ1v) is 26.4. The van der Waals surface area contributed by atoms with Crippen molar-refractivity contribution in [2.45, 2.75) is 30.4 Å². The van der Waals surface area contributed by atoms with Gasteiger partial charge < -0.3 is 9.32 Å². The van der Waals surface area contributed by atoms with Gasteiger partial charge >= 0.3 is 0 Å². The fourth-order valence-corrected chi connectivity index (χ4v) is 15.6. The molecule has 0 unspecified atom stereocenters. The monoisotopic (exact) mass is 951 g/mol. The number of furan rings is 1. The molecule has 11 aromatic carbocycles. The van der Waals surface area contributed by atoms with Crippen molar-refractivity contribution in [3.63, 3.8) is 0 Å². The molecule has 0 bridgehead atoms. The van der Waals surface area contributed by atoms with Crippen molar-refractivity contribution in [3.8, 4) is 33.4 Å². The predicted molar refractivity (Wildman–Crippen MR) is 297 cm³/mol. The summed E-state index contributed by atoms with van der Waals surface area (Å²) in [5.74, 6) is 0. The van der Waals surface area contributed by atoms with E-state index in [4.69, 9.17) is 4.42 Å². The maximum absolute atomic E-state index is 6.91. The Kier molecular flexibility index (Phi) is 8.49. The molecule has 2 nitrogen and oxygen atoms in total. The lowest BCUT2D eigenvalue weighted by atomic mass is 9.67. The first-order chi connectivity index (χ1) is 35.7. The topological polar surface area (TPSA) is 16.4 Å². The number of rotatable bonds is 4. The molecule has 0 saturated heterocycles. The van der Waals surface area contributed by atoms with Gasteiger partial charge in [-0.2, -0.15) is 0 Å². The van der Waals surface area contributed by atoms with E-state index < -0.39 is 10.8 Å². The van der Waals surface area contributed by atoms with Crippen molar-refractivity contribution in [1.29, 1.82) is 0 Å². The smallest absolute Gasteiger partial charge is 0.138 e. The molecule has 336 valence electrons. The van der Waals surface area contributed by atoms with Crippen LogP contribution >= 0.6 is 23.5 Å². The minimum atomic E-state index is -0.540. The number of para-hydroxylation sites is 1. The Labute approximate surface area is 426 Å². The van der Waals surface area contributed by atoms with Gasteiger partial charge in [-0.25, -0.2) is 0 Å². The van der Waals surface area contributed by atoms with Crippen molar-refractivity contribution in [3.05, 3.63) is 293 Å². The molecule has 2 aliphatic heterocycles. The van der Waals surface area contributed by atoms with E-state index in [1.807, 2.05) is 23.5 Å². The van der Waals surface area contributed by atoms with Gasteiger partial charge in [0.15, 0.2) is 0 Å². The minimum Gasteiger partial charge on any atom is -0.456 e. The van der Waals surface area contributed by atoms with Gasteiger partial charge in [0.1, 0.15) is 11.2 Å². The number of hydrogen-bond donors (Lipinski definition) is 0. The molecule has 2 aliphatic carbocycles. The number of nitrogens with zero attached hydrogens (tertiary/aromatic N) is 1. The van der Waals surface area contributed by atoms with Crippen LogP contribution in [0.15, 0.2) is 273 Å². The second-order valence-corrected chi connectivity index (χ2v) is 21.6. The molecule has 4 heteroatoms. The third-order valence-corrected chi connectivity index (χ3v) is 18.3. The molecule has 12 aromatic rings. The lowest BCUT2D eigenvalue weighted by molar-refractivity contribution is 0.669. The summed E-state index contributed by atoms with van der Waals surface area (Å²) in [4.78, 5) is 7.62. The van der Waals surface area contributed by atoms with Crippen LogP contribution in [0.25, 0.3) is 55.3 Å². The summed E-state index contributed by atoms with van der Waals surface area (Å²) in [6.07, 6.45) is 0. The highest BCUT2D eigenvalue weighted by Gasteiger charge is 2.52. The Morgan fingerprint density at radius 1 is 0.292 bits per heavy atom. The van der Waals surface area contributed by atoms with E-state index >= 15 is 0 Å². The fourth-order valence-electron chi connectivity index (χ4n) is 13.2. The normalized spacial score (nSPS) is 14.5. The summed E-state index contributed by atoms with van der Waals surface area (Å²) in [6.45, 7) is 0. The molecular weight excluding hydrogens is 911 g/mol. The number of benzene rings is 11. The Bertz CT molecular complexity index is 3980. The van der Waals surface area contributed by atoms with Gasteiger partial charge in [-0.05, 0) is 139 Å². The summed E-state index contributed by atoms with van der Waals surface area (Å²) < 4.78 is 6.91. The van der Waals surface area contributed by atoms with Crippen molar-refractivity contribution in [2.75, 3.05) is 4.90 Å². The van der Waals surface area contributed by atoms with Crippen LogP contribution in [0.5, 0.6) is 0 Å². The Balaban J connectivity index is 1.01. The van der Waals surface area contributed by atoms with Gasteiger partial charge in [0.05, 0.1) is 16.5 Å². The number of anilines is 3. The SMILES string of the molecule is c1ccc(-c2cc(N(c3ccc4c(c3)C3(c5ccccc5S4)c4ccccc4-c4ccccc43)c3ccc4c(c3)C3(c5ccccc5S4)c4ccccc4-c4ccccc43)cc3oc4ccccc4c23)cc1. The summed E-state index contributed by atoms with van der Waals surface area (Å²) in [7, 11) is 0. The summed E-state index contributed by atoms with van der Waals surface area (Å²) in [5.41, 5.74) is 21.8. The van der Waals surface area contributed by atoms with E-state index in [0.29, 0.717) is 0 Å². The van der Waals surface area contributed by atoms with Crippen molar-refractivity contribution < 1.29 is 4.42 Å². The van der Waals surface area contributed by atoms with Crippen LogP contribution < -0.4 is 4.90 Å². The molecule has 4 aliphatic rings. The van der Waals surface area contributed by atoms with Gasteiger partial charge in [0, 0.05) is 47.8 Å². The maximum atomic E-state index is 6.91. The molecule has 3 heterocycles. The summed E-state index contributed by atoms with van der Waals surface area (Å²) in [6, 6.07) is 93.0. The van der Waals surface area contributed by atoms with Crippen LogP contribution in [0, 0.1) is 0 Å². The van der Waals surface area contributed by atoms with Crippen LogP contribution in [-0.4, -0.2) is 0 Å². The third-order valence-electron chi connectivity index (χ3n) is 16.0. The molecule has 2 spiro atoms. The van der Waals surface area contributed by atoms with Gasteiger partial charge in [0.2, 0.25) is 0 Å². The molecule has 0 atom stereocenters. The highest BCUT2D eigenvalue weighted by Crippen LogP contribution is 2.65. The summed E-state index contributed by atoms with van der Waals surface area (Å²) >= 11 is 3.77. The molecule has 0 amide bonds. The van der Waals surface area contributed by atoms with E-state index in [1.165, 1.54) is 86.3 Å². The first kappa shape index (κ1) is 40.4. The molecule has 0 fully saturated rings. The molecule has 0 N–H and O–H groups in total. The molecular formula is C68H41NOS2. The van der Waals surface area contributed by atoms with Crippen molar-refractivity contribution >= 4 is 62.5 Å². The van der Waals surface area contributed by atoms with Crippen LogP contribution in [0.4, 0.5) is 17.1 Å². The van der Waals surface area contributed by atoms with Crippen molar-refractivity contribution in [2.24, 2.45) is 0 Å². The van der Waals surface area contributed by atoms with Crippen LogP contribution in [0.3, 0.4) is 0 Å². The van der Waals surface area contributed by atoms with Crippen molar-refractivity contribution in [1.82, 2.24) is 0 Å². The predicted octanol–water partition coefficient (Wildman–Crippen LogP) is 18.4. The van der Waals surface area contributed by atoms with Crippen LogP contribution in [0.2, 0.25) is 0 Å². The zero-order valence-corrected chi connectivity index (χ0v) is 40.5. The number of fused-ring (bicyclic) bond motifs is 21. The van der Waals surface area contributed by atoms with Crippen LogP contribution in [0.1, 0.15) is 44.5 Å². The van der Waals surface area contributed by atoms with Gasteiger partial charge in [-0.15, -0.1) is 0 Å². The van der Waals surface area contributed by atoms with E-state index in [1.54, 1.807) is 0 Å². The fraction of sp³-hybridized carbons (Fsp3) is 0.0294. The van der Waals surface area contributed by atoms with E-state index in [2.05, 4.69) is 254 Å². The lowest BCUT2D eigenvalue weighted by Gasteiger charge is -2.41. The summed E-state index contributed by atoms with van der Waals surface area (Å²) in [5, 5.41) is 2.23. The average molecular weight is 952 g/mol. The second kappa shape index (κ2) is 15.1. The zero-order valence-electron chi connectivity index (χ0n) is 38.8. The lowest BCUT2D eigenvalue weighted by Crippen LogP contribution is -2.32. The Morgan fingerprint density at radius 2 is 0.708 bits per heavy atom. The minimum absolute atomic E-state index is 0.540. The molecule has 1 aromatic heterocycles. The highest BCUT2D eigenvalue weighted by atomic mass is 32.2. The molecule has 0 radical (unpaired) electrons. The zero-order chi connectivity index (χ0) is 47.1. The molecule has 16 rings (SSSR count). The van der Waals surface area contributed by atoms with E-state index in [9.17, 15) is 0 Å². The van der Waals surface area contributed by atoms with Crippen LogP contribution in [-0.2, 0) is 10.8 Å². The largest absolute Gasteiger partial charge is 0.456 e. The average Bonchev–Trinajstić information content (AvgIpc) is 4.07. The second-order valence-electron chi connectivity index (χ2n) is 19.4. The van der Waals surface area contributed by atoms with Gasteiger partial charge in [-0.3, -0.25) is 0 Å². The Morgan fingerprint density at radius 3 is 1.22 bits per heavy atom. The molecule has 72 heavy (non-hydrogen) atoms. The van der Waals surface area contributed by atoms with E-state index in [0.717, 1.165) is 50.1 Å². The number of hydrogen-bond acceptors (Lipinski definition) is 4. The third kappa shape index (κ3) is 5.33. The molecule has 0 saturated carbocycles. The van der Waals surface area contributed by atoms with Gasteiger partial charge in [-0.1, -0.05) is 206 Å². The first-order valence-electron chi connectivity index (χ1n) is 24.7. The van der Waals surface area contributed by atoms with Gasteiger partial charge in [0.25, 0.3) is 0 Å². The standard InChI is InChI=1S/C68H41NOS2/c1-2-18-42(19-3-1)51-38-45(41-61-66(51)50-24-8-15-31-60(50)70-61)69(43-34-36-64-58(39-43)67(56-29-13-16-32-62(56)71-64)52-25-9-4-20-46(52)47-21-5-10-26-53(47)67)44-35-37-65-59(40-44)68(57-30-14-17-33-63(57)72-65)54-27-11-6-22-48(54)49-23-7-12-28-55(49)68/h1-41H. The Hall–Kier alpha value is -8.28. The van der Waals surface area contributed by atoms with E-state index in [-0.39, 0.29) is 0 Å². The highest BCUT2D eigenvalue weighted by molar-refractivity contribution is 7.99. The quantitative estimate of drug-likeness (QED) is 0.175.